The molecule has 1 aromatic heterocycles. The number of halogens is 3. The van der Waals surface area contributed by atoms with Crippen LogP contribution in [0.2, 0.25) is 0 Å². The van der Waals surface area contributed by atoms with Gasteiger partial charge in [0.1, 0.15) is 17.4 Å². The van der Waals surface area contributed by atoms with Crippen LogP contribution in [0.3, 0.4) is 0 Å². The van der Waals surface area contributed by atoms with Crippen molar-refractivity contribution in [3.63, 3.8) is 0 Å². The topological polar surface area (TPSA) is 25.2 Å². The minimum Gasteiger partial charge on any atom is -0.453 e. The normalized spacial score (nSPS) is 12.6. The van der Waals surface area contributed by atoms with Gasteiger partial charge in [-0.1, -0.05) is 13.0 Å². The second kappa shape index (κ2) is 6.30. The van der Waals surface area contributed by atoms with E-state index in [1.165, 1.54) is 12.1 Å². The third-order valence-electron chi connectivity index (χ3n) is 2.83. The van der Waals surface area contributed by atoms with Gasteiger partial charge in [-0.3, -0.25) is 0 Å². The van der Waals surface area contributed by atoms with E-state index in [4.69, 9.17) is 4.42 Å². The van der Waals surface area contributed by atoms with Crippen LogP contribution in [-0.2, 0) is 6.42 Å². The highest BCUT2D eigenvalue weighted by Crippen LogP contribution is 2.24. The Morgan fingerprint density at radius 3 is 2.63 bits per heavy atom. The molecule has 0 amide bonds. The fraction of sp³-hybridized carbons (Fsp3) is 0.286. The van der Waals surface area contributed by atoms with Crippen LogP contribution in [0, 0.1) is 11.6 Å². The van der Waals surface area contributed by atoms with Crippen LogP contribution in [0.25, 0.3) is 0 Å². The number of nitrogens with one attached hydrogen (secondary N) is 1. The molecule has 102 valence electrons. The van der Waals surface area contributed by atoms with Crippen molar-refractivity contribution in [2.24, 2.45) is 0 Å². The lowest BCUT2D eigenvalue weighted by Gasteiger charge is -2.16. The molecule has 2 rings (SSSR count). The summed E-state index contributed by atoms with van der Waals surface area (Å²) in [5.41, 5.74) is 0.458. The van der Waals surface area contributed by atoms with Gasteiger partial charge in [-0.25, -0.2) is 8.78 Å². The number of hydrogen-bond donors (Lipinski definition) is 1. The van der Waals surface area contributed by atoms with E-state index in [9.17, 15) is 8.78 Å². The van der Waals surface area contributed by atoms with Crippen LogP contribution < -0.4 is 5.32 Å². The van der Waals surface area contributed by atoms with Gasteiger partial charge < -0.3 is 9.73 Å². The molecule has 5 heteroatoms. The van der Waals surface area contributed by atoms with Gasteiger partial charge in [-0.15, -0.1) is 0 Å². The Morgan fingerprint density at radius 2 is 2.05 bits per heavy atom. The second-order valence-corrected chi connectivity index (χ2v) is 4.97. The molecule has 0 aliphatic rings. The summed E-state index contributed by atoms with van der Waals surface area (Å²) < 4.78 is 32.7. The molecule has 0 saturated heterocycles. The van der Waals surface area contributed by atoms with Gasteiger partial charge in [0.15, 0.2) is 4.67 Å². The molecule has 0 spiro atoms. The minimum absolute atomic E-state index is 0.142. The molecule has 0 aliphatic heterocycles. The highest BCUT2D eigenvalue weighted by atomic mass is 79.9. The summed E-state index contributed by atoms with van der Waals surface area (Å²) in [6, 6.07) is 7.11. The maximum Gasteiger partial charge on any atom is 0.169 e. The van der Waals surface area contributed by atoms with Gasteiger partial charge >= 0.3 is 0 Å². The first-order valence-corrected chi connectivity index (χ1v) is 6.82. The number of likely N-dealkylation sites (N-methyl/N-ethyl adjacent to an activating group) is 1. The fourth-order valence-electron chi connectivity index (χ4n) is 1.94. The zero-order chi connectivity index (χ0) is 13.8. The van der Waals surface area contributed by atoms with Crippen LogP contribution in [0.15, 0.2) is 39.4 Å². The molecule has 1 N–H and O–H groups in total. The van der Waals surface area contributed by atoms with Crippen molar-refractivity contribution >= 4 is 15.9 Å². The predicted octanol–water partition coefficient (Wildman–Crippen LogP) is 4.21. The van der Waals surface area contributed by atoms with Crippen molar-refractivity contribution in [2.45, 2.75) is 19.4 Å². The molecule has 0 aliphatic carbocycles. The summed E-state index contributed by atoms with van der Waals surface area (Å²) in [4.78, 5) is 0. The average Bonchev–Trinajstić information content (AvgIpc) is 2.78. The smallest absolute Gasteiger partial charge is 0.169 e. The second-order valence-electron chi connectivity index (χ2n) is 4.19. The third kappa shape index (κ3) is 3.64. The van der Waals surface area contributed by atoms with E-state index in [0.717, 1.165) is 18.4 Å². The van der Waals surface area contributed by atoms with Crippen molar-refractivity contribution in [1.82, 2.24) is 5.32 Å². The van der Waals surface area contributed by atoms with E-state index in [-0.39, 0.29) is 6.04 Å². The number of rotatable bonds is 5. The molecule has 2 nitrogen and oxygen atoms in total. The summed E-state index contributed by atoms with van der Waals surface area (Å²) >= 11 is 3.24. The molecule has 0 saturated carbocycles. The lowest BCUT2D eigenvalue weighted by atomic mass is 10.0. The molecule has 0 radical (unpaired) electrons. The van der Waals surface area contributed by atoms with Crippen LogP contribution in [0.5, 0.6) is 0 Å². The average molecular weight is 330 g/mol. The summed E-state index contributed by atoms with van der Waals surface area (Å²) in [5.74, 6) is -0.382. The third-order valence-corrected chi connectivity index (χ3v) is 3.25. The summed E-state index contributed by atoms with van der Waals surface area (Å²) in [7, 11) is 0. The fourth-order valence-corrected chi connectivity index (χ4v) is 2.26. The Bertz CT molecular complexity index is 556. The summed E-state index contributed by atoms with van der Waals surface area (Å²) in [5, 5.41) is 3.23. The Kier molecular flexibility index (Phi) is 4.71. The van der Waals surface area contributed by atoms with Crippen LogP contribution >= 0.6 is 15.9 Å². The van der Waals surface area contributed by atoms with Gasteiger partial charge in [0.05, 0.1) is 6.04 Å². The predicted molar refractivity (Wildman–Crippen MR) is 72.9 cm³/mol. The molecule has 1 unspecified atom stereocenters. The largest absolute Gasteiger partial charge is 0.453 e. The van der Waals surface area contributed by atoms with E-state index in [1.807, 2.05) is 13.0 Å². The molecule has 1 heterocycles. The molecule has 19 heavy (non-hydrogen) atoms. The molecule has 1 aromatic carbocycles. The lowest BCUT2D eigenvalue weighted by molar-refractivity contribution is 0.401. The molecule has 0 fully saturated rings. The highest BCUT2D eigenvalue weighted by Gasteiger charge is 2.17. The van der Waals surface area contributed by atoms with E-state index >= 15 is 0 Å². The number of hydrogen-bond acceptors (Lipinski definition) is 2. The maximum absolute atomic E-state index is 13.7. The molecular formula is C14H14BrF2NO. The zero-order valence-electron chi connectivity index (χ0n) is 10.4. The quantitative estimate of drug-likeness (QED) is 0.888. The van der Waals surface area contributed by atoms with Crippen LogP contribution in [0.1, 0.15) is 24.3 Å². The van der Waals surface area contributed by atoms with Crippen molar-refractivity contribution in [3.8, 4) is 0 Å². The number of furan rings is 1. The van der Waals surface area contributed by atoms with Gasteiger partial charge in [0.2, 0.25) is 0 Å². The zero-order valence-corrected chi connectivity index (χ0v) is 12.0. The molecule has 0 bridgehead atoms. The van der Waals surface area contributed by atoms with Gasteiger partial charge in [-0.2, -0.15) is 0 Å². The SMILES string of the molecule is CCNC(Cc1ccc(F)cc1F)c1ccc(Br)o1. The highest BCUT2D eigenvalue weighted by molar-refractivity contribution is 9.10. The van der Waals surface area contributed by atoms with Gasteiger partial charge in [0, 0.05) is 6.07 Å². The van der Waals surface area contributed by atoms with Gasteiger partial charge in [-0.05, 0) is 52.7 Å². The van der Waals surface area contributed by atoms with Crippen LogP contribution in [0.4, 0.5) is 8.78 Å². The van der Waals surface area contributed by atoms with E-state index < -0.39 is 11.6 Å². The Hall–Kier alpha value is -1.20. The Labute approximate surface area is 118 Å². The van der Waals surface area contributed by atoms with Crippen molar-refractivity contribution in [3.05, 3.63) is 58.0 Å². The molecule has 2 aromatic rings. The first-order chi connectivity index (χ1) is 9.10. The van der Waals surface area contributed by atoms with Crippen molar-refractivity contribution in [1.29, 1.82) is 0 Å². The maximum atomic E-state index is 13.7. The molecular weight excluding hydrogens is 316 g/mol. The summed E-state index contributed by atoms with van der Waals surface area (Å²) in [6.07, 6.45) is 0.403. The lowest BCUT2D eigenvalue weighted by Crippen LogP contribution is -2.22. The molecule has 1 atom stereocenters. The first kappa shape index (κ1) is 14.2. The summed E-state index contributed by atoms with van der Waals surface area (Å²) in [6.45, 7) is 2.69. The van der Waals surface area contributed by atoms with E-state index in [1.54, 1.807) is 6.07 Å². The standard InChI is InChI=1S/C14H14BrF2NO/c1-2-18-12(13-5-6-14(15)19-13)7-9-3-4-10(16)8-11(9)17/h3-6,8,12,18H,2,7H2,1H3. The minimum atomic E-state index is -0.568. The monoisotopic (exact) mass is 329 g/mol. The van der Waals surface area contributed by atoms with E-state index in [0.29, 0.717) is 16.7 Å². The Balaban J connectivity index is 2.21. The van der Waals surface area contributed by atoms with Crippen molar-refractivity contribution < 1.29 is 13.2 Å². The van der Waals surface area contributed by atoms with E-state index in [2.05, 4.69) is 21.2 Å². The van der Waals surface area contributed by atoms with Crippen molar-refractivity contribution in [2.75, 3.05) is 6.54 Å². The Morgan fingerprint density at radius 1 is 1.26 bits per heavy atom. The number of benzene rings is 1. The van der Waals surface area contributed by atoms with Crippen LogP contribution in [-0.4, -0.2) is 6.54 Å². The van der Waals surface area contributed by atoms with Gasteiger partial charge in [0.25, 0.3) is 0 Å². The first-order valence-electron chi connectivity index (χ1n) is 6.02.